The first-order valence-electron chi connectivity index (χ1n) is 14.3. The third-order valence-electron chi connectivity index (χ3n) is 11.5. The van der Waals surface area contributed by atoms with Gasteiger partial charge in [-0.15, -0.1) is 11.6 Å². The minimum Gasteiger partial charge on any atom is -0.462 e. The van der Waals surface area contributed by atoms with Gasteiger partial charge in [0.05, 0.1) is 0 Å². The summed E-state index contributed by atoms with van der Waals surface area (Å²) in [6, 6.07) is -0.779. The van der Waals surface area contributed by atoms with Gasteiger partial charge in [-0.3, -0.25) is 14.9 Å². The molecule has 4 aliphatic rings. The van der Waals surface area contributed by atoms with Crippen LogP contribution in [-0.2, 0) is 9.53 Å². The second-order valence-electron chi connectivity index (χ2n) is 13.7. The lowest BCUT2D eigenvalue weighted by atomic mass is 9.43. The summed E-state index contributed by atoms with van der Waals surface area (Å²) < 4.78 is 5.54. The van der Waals surface area contributed by atoms with Gasteiger partial charge in [-0.1, -0.05) is 53.9 Å². The van der Waals surface area contributed by atoms with Gasteiger partial charge in [0.25, 0.3) is 0 Å². The first-order valence-corrected chi connectivity index (χ1v) is 14.7. The predicted octanol–water partition coefficient (Wildman–Crippen LogP) is 7.66. The van der Waals surface area contributed by atoms with Crippen LogP contribution in [0.15, 0.2) is 0 Å². The molecule has 4 aliphatic carbocycles. The van der Waals surface area contributed by atoms with Crippen LogP contribution in [-0.4, -0.2) is 27.9 Å². The molecule has 0 radical (unpaired) electrons. The topological polar surface area (TPSA) is 69.4 Å². The maximum Gasteiger partial charge on any atom is 0.302 e. The quantitative estimate of drug-likeness (QED) is 0.153. The van der Waals surface area contributed by atoms with Crippen LogP contribution in [0.25, 0.3) is 0 Å². The molecule has 4 saturated carbocycles. The number of halogens is 1. The molecule has 4 fully saturated rings. The van der Waals surface area contributed by atoms with Gasteiger partial charge in [-0.05, 0) is 84.9 Å². The molecule has 0 heterocycles. The molecule has 0 aliphatic heterocycles. The van der Waals surface area contributed by atoms with Gasteiger partial charge >= 0.3 is 5.97 Å². The van der Waals surface area contributed by atoms with E-state index in [0.29, 0.717) is 30.6 Å². The Morgan fingerprint density at radius 3 is 2.43 bits per heavy atom. The second-order valence-corrected chi connectivity index (χ2v) is 14.4. The molecule has 0 unspecified atom stereocenters. The zero-order chi connectivity index (χ0) is 25.8. The molecule has 4 rings (SSSR count). The van der Waals surface area contributed by atoms with Crippen molar-refractivity contribution in [3.63, 3.8) is 0 Å². The van der Waals surface area contributed by atoms with E-state index >= 15 is 0 Å². The van der Waals surface area contributed by atoms with E-state index in [1.165, 1.54) is 45.4 Å². The van der Waals surface area contributed by atoms with Crippen molar-refractivity contribution >= 4 is 17.6 Å². The highest BCUT2D eigenvalue weighted by Crippen LogP contribution is 2.70. The Morgan fingerprint density at radius 1 is 1.09 bits per heavy atom. The van der Waals surface area contributed by atoms with E-state index in [1.54, 1.807) is 0 Å². The number of carbonyl (C=O) groups is 1. The number of nitrogens with zero attached hydrogens (tertiary/aromatic N) is 1. The lowest BCUT2D eigenvalue weighted by molar-refractivity contribution is -0.543. The Hall–Kier alpha value is -0.840. The molecule has 10 atom stereocenters. The van der Waals surface area contributed by atoms with Gasteiger partial charge in [0, 0.05) is 24.7 Å². The lowest BCUT2D eigenvalue weighted by Gasteiger charge is -2.64. The molecular formula is C29H48ClNO4. The zero-order valence-corrected chi connectivity index (χ0v) is 23.6. The summed E-state index contributed by atoms with van der Waals surface area (Å²) in [5.41, 5.74) is -0.00860. The summed E-state index contributed by atoms with van der Waals surface area (Å²) in [7, 11) is 0. The Morgan fingerprint density at radius 2 is 1.80 bits per heavy atom. The van der Waals surface area contributed by atoms with Gasteiger partial charge in [0.2, 0.25) is 6.04 Å². The van der Waals surface area contributed by atoms with E-state index in [9.17, 15) is 14.9 Å². The van der Waals surface area contributed by atoms with Crippen LogP contribution in [0, 0.1) is 56.5 Å². The number of hydrogen-bond donors (Lipinski definition) is 0. The molecule has 0 N–H and O–H groups in total. The first-order chi connectivity index (χ1) is 16.3. The highest BCUT2D eigenvalue weighted by atomic mass is 35.5. The van der Waals surface area contributed by atoms with Crippen molar-refractivity contribution in [1.29, 1.82) is 0 Å². The second kappa shape index (κ2) is 9.80. The lowest BCUT2D eigenvalue weighted by Crippen LogP contribution is -2.67. The van der Waals surface area contributed by atoms with Crippen molar-refractivity contribution in [1.82, 2.24) is 0 Å². The normalized spacial score (nSPS) is 45.8. The van der Waals surface area contributed by atoms with E-state index in [1.807, 2.05) is 0 Å². The van der Waals surface area contributed by atoms with Crippen LogP contribution in [0.3, 0.4) is 0 Å². The van der Waals surface area contributed by atoms with E-state index < -0.39 is 10.9 Å². The fourth-order valence-electron chi connectivity index (χ4n) is 9.81. The molecule has 5 nitrogen and oxygen atoms in total. The van der Waals surface area contributed by atoms with Crippen molar-refractivity contribution in [2.24, 2.45) is 46.3 Å². The molecular weight excluding hydrogens is 462 g/mol. The van der Waals surface area contributed by atoms with E-state index in [-0.39, 0.29) is 27.8 Å². The van der Waals surface area contributed by atoms with Gasteiger partial charge in [-0.2, -0.15) is 0 Å². The van der Waals surface area contributed by atoms with Crippen molar-refractivity contribution < 1.29 is 14.5 Å². The maximum absolute atomic E-state index is 12.5. The minimum absolute atomic E-state index is 0.0927. The molecule has 0 amide bonds. The molecule has 35 heavy (non-hydrogen) atoms. The standard InChI is InChI=1S/C29H48ClNO4/c1-18(2)8-7-9-19(3)23-10-11-24-22-16-26(31(33)34)29(30)17-21(35-20(4)32)12-15-28(29,6)25(22)13-14-27(23,24)5/h18-19,21-26H,7-17H2,1-6H3/t19-,21+,22+,23-,24+,25+,26-,27-,28-,29+/m1/s1. The van der Waals surface area contributed by atoms with Gasteiger partial charge in [0.15, 0.2) is 0 Å². The van der Waals surface area contributed by atoms with Crippen LogP contribution in [0.4, 0.5) is 0 Å². The molecule has 6 heteroatoms. The monoisotopic (exact) mass is 509 g/mol. The average molecular weight is 510 g/mol. The summed E-state index contributed by atoms with van der Waals surface area (Å²) in [5, 5.41) is 12.5. The number of ether oxygens (including phenoxy) is 1. The maximum atomic E-state index is 12.5. The molecule has 0 saturated heterocycles. The third kappa shape index (κ3) is 4.55. The van der Waals surface area contributed by atoms with Crippen LogP contribution in [0.5, 0.6) is 0 Å². The van der Waals surface area contributed by atoms with Crippen LogP contribution in [0.1, 0.15) is 112 Å². The minimum atomic E-state index is -0.952. The van der Waals surface area contributed by atoms with Crippen molar-refractivity contribution in [2.45, 2.75) is 129 Å². The van der Waals surface area contributed by atoms with Crippen LogP contribution >= 0.6 is 11.6 Å². The van der Waals surface area contributed by atoms with Crippen LogP contribution < -0.4 is 0 Å². The highest BCUT2D eigenvalue weighted by molar-refractivity contribution is 6.25. The SMILES string of the molecule is CC(=O)O[C@H]1CC[C@]2(C)[C@H]3CC[C@]4(C)[C@@H]([C@H](C)CCCC(C)C)CC[C@H]4[C@@H]3C[C@@H]([N+](=O)[O-])[C@@]2(Cl)C1. The Labute approximate surface area is 217 Å². The van der Waals surface area contributed by atoms with Gasteiger partial charge in [-0.25, -0.2) is 0 Å². The summed E-state index contributed by atoms with van der Waals surface area (Å²) in [6.07, 6.45) is 11.0. The number of alkyl halides is 1. The largest absolute Gasteiger partial charge is 0.462 e. The molecule has 0 bridgehead atoms. The number of esters is 1. The Bertz CT molecular complexity index is 819. The molecule has 0 aromatic rings. The summed E-state index contributed by atoms with van der Waals surface area (Å²) in [4.78, 5) is 23.1. The van der Waals surface area contributed by atoms with Crippen molar-refractivity contribution in [3.05, 3.63) is 10.1 Å². The summed E-state index contributed by atoms with van der Waals surface area (Å²) in [5.74, 6) is 3.24. The fraction of sp³-hybridized carbons (Fsp3) is 0.966. The number of rotatable bonds is 7. The third-order valence-corrected chi connectivity index (χ3v) is 12.4. The highest BCUT2D eigenvalue weighted by Gasteiger charge is 2.71. The number of nitro groups is 1. The molecule has 200 valence electrons. The average Bonchev–Trinajstić information content (AvgIpc) is 3.10. The predicted molar refractivity (Wildman–Crippen MR) is 140 cm³/mol. The zero-order valence-electron chi connectivity index (χ0n) is 22.9. The molecule has 0 spiro atoms. The Balaban J connectivity index is 1.58. The van der Waals surface area contributed by atoms with Crippen LogP contribution in [0.2, 0.25) is 0 Å². The van der Waals surface area contributed by atoms with E-state index in [2.05, 4.69) is 34.6 Å². The Kier molecular flexibility index (Phi) is 7.62. The number of carbonyl (C=O) groups excluding carboxylic acids is 1. The smallest absolute Gasteiger partial charge is 0.302 e. The number of fused-ring (bicyclic) bond motifs is 5. The summed E-state index contributed by atoms with van der Waals surface area (Å²) >= 11 is 7.38. The van der Waals surface area contributed by atoms with Crippen molar-refractivity contribution in [3.8, 4) is 0 Å². The van der Waals surface area contributed by atoms with E-state index in [4.69, 9.17) is 16.3 Å². The fourth-order valence-corrected chi connectivity index (χ4v) is 10.4. The number of hydrogen-bond acceptors (Lipinski definition) is 4. The van der Waals surface area contributed by atoms with Gasteiger partial charge in [0.1, 0.15) is 11.0 Å². The van der Waals surface area contributed by atoms with E-state index in [0.717, 1.165) is 37.0 Å². The molecule has 0 aromatic heterocycles. The summed E-state index contributed by atoms with van der Waals surface area (Å²) in [6.45, 7) is 13.3. The first kappa shape index (κ1) is 27.2. The molecule has 0 aromatic carbocycles. The van der Waals surface area contributed by atoms with Gasteiger partial charge < -0.3 is 4.74 Å². The van der Waals surface area contributed by atoms with Crippen molar-refractivity contribution in [2.75, 3.05) is 0 Å².